The second-order valence-electron chi connectivity index (χ2n) is 8.29. The predicted octanol–water partition coefficient (Wildman–Crippen LogP) is 2.53. The highest BCUT2D eigenvalue weighted by molar-refractivity contribution is 7.89. The Bertz CT molecular complexity index is 1350. The summed E-state index contributed by atoms with van der Waals surface area (Å²) in [6.07, 6.45) is 1.34. The molecule has 184 valence electrons. The molecule has 2 fully saturated rings. The minimum atomic E-state index is -3.93. The summed E-state index contributed by atoms with van der Waals surface area (Å²) in [5, 5.41) is 13.4. The van der Waals surface area contributed by atoms with Gasteiger partial charge in [-0.15, -0.1) is 0 Å². The first-order chi connectivity index (χ1) is 16.9. The normalized spacial score (nSPS) is 17.4. The number of morpholine rings is 2. The Labute approximate surface area is 203 Å². The number of ether oxygens (including phenoxy) is 2. The van der Waals surface area contributed by atoms with Gasteiger partial charge < -0.3 is 24.8 Å². The molecule has 3 heterocycles. The number of para-hydroxylation sites is 1. The van der Waals surface area contributed by atoms with Crippen molar-refractivity contribution in [1.29, 1.82) is 0 Å². The molecule has 0 spiro atoms. The third-order valence-electron chi connectivity index (χ3n) is 6.20. The van der Waals surface area contributed by atoms with E-state index in [1.807, 2.05) is 18.2 Å². The van der Waals surface area contributed by atoms with E-state index in [1.165, 1.54) is 16.6 Å². The molecule has 3 aromatic rings. The molecule has 2 saturated heterocycles. The van der Waals surface area contributed by atoms with Gasteiger partial charge in [-0.1, -0.05) is 12.1 Å². The number of sulfonamides is 1. The number of pyridine rings is 1. The van der Waals surface area contributed by atoms with E-state index in [9.17, 15) is 18.3 Å². The number of fused-ring (bicyclic) bond motifs is 1. The number of carboxylic acids is 1. The number of carboxylic acid groups (broad SMARTS) is 1. The molecular weight excluding hydrogens is 472 g/mol. The highest BCUT2D eigenvalue weighted by Gasteiger charge is 2.31. The summed E-state index contributed by atoms with van der Waals surface area (Å²) in [5.41, 5.74) is 2.14. The van der Waals surface area contributed by atoms with Crippen LogP contribution < -0.4 is 10.2 Å². The average Bonchev–Trinajstić information content (AvgIpc) is 2.89. The minimum Gasteiger partial charge on any atom is -0.478 e. The third kappa shape index (κ3) is 4.67. The van der Waals surface area contributed by atoms with Crippen molar-refractivity contribution in [2.45, 2.75) is 4.90 Å². The van der Waals surface area contributed by atoms with Gasteiger partial charge in [-0.2, -0.15) is 4.31 Å². The summed E-state index contributed by atoms with van der Waals surface area (Å²) in [5.74, 6) is -1.11. The van der Waals surface area contributed by atoms with E-state index in [1.54, 1.807) is 18.2 Å². The molecule has 1 aromatic heterocycles. The molecule has 0 amide bonds. The Morgan fingerprint density at radius 1 is 0.971 bits per heavy atom. The van der Waals surface area contributed by atoms with E-state index >= 15 is 0 Å². The minimum absolute atomic E-state index is 0.00813. The van der Waals surface area contributed by atoms with Gasteiger partial charge in [-0.3, -0.25) is 4.98 Å². The smallest absolute Gasteiger partial charge is 0.337 e. The van der Waals surface area contributed by atoms with Gasteiger partial charge in [0.2, 0.25) is 10.0 Å². The topological polar surface area (TPSA) is 121 Å². The second-order valence-corrected chi connectivity index (χ2v) is 10.2. The van der Waals surface area contributed by atoms with Gasteiger partial charge in [-0.05, 0) is 30.3 Å². The molecule has 2 aliphatic rings. The number of aromatic nitrogens is 1. The molecule has 2 N–H and O–H groups in total. The molecule has 0 bridgehead atoms. The summed E-state index contributed by atoms with van der Waals surface area (Å²) in [6, 6.07) is 12.1. The number of carbonyl (C=O) groups is 1. The van der Waals surface area contributed by atoms with Gasteiger partial charge in [0.1, 0.15) is 4.90 Å². The summed E-state index contributed by atoms with van der Waals surface area (Å²) in [4.78, 5) is 18.5. The number of nitrogens with zero attached hydrogens (tertiary/aromatic N) is 3. The van der Waals surface area contributed by atoms with Crippen molar-refractivity contribution in [3.63, 3.8) is 0 Å². The quantitative estimate of drug-likeness (QED) is 0.528. The zero-order valence-electron chi connectivity index (χ0n) is 19.0. The number of nitrogens with one attached hydrogen (secondary N) is 1. The highest BCUT2D eigenvalue weighted by atomic mass is 32.2. The molecule has 2 aromatic carbocycles. The first kappa shape index (κ1) is 23.5. The third-order valence-corrected chi connectivity index (χ3v) is 8.11. The molecule has 0 unspecified atom stereocenters. The maximum Gasteiger partial charge on any atom is 0.337 e. The fourth-order valence-electron chi connectivity index (χ4n) is 4.34. The van der Waals surface area contributed by atoms with Crippen molar-refractivity contribution >= 4 is 44.0 Å². The molecule has 0 atom stereocenters. The maximum absolute atomic E-state index is 13.7. The van der Waals surface area contributed by atoms with Crippen LogP contribution in [0.25, 0.3) is 10.9 Å². The average molecular weight is 499 g/mol. The van der Waals surface area contributed by atoms with Gasteiger partial charge >= 0.3 is 5.97 Å². The number of benzene rings is 2. The summed E-state index contributed by atoms with van der Waals surface area (Å²) >= 11 is 0. The zero-order valence-corrected chi connectivity index (χ0v) is 19.8. The van der Waals surface area contributed by atoms with Crippen LogP contribution in [0.3, 0.4) is 0 Å². The number of rotatable bonds is 6. The van der Waals surface area contributed by atoms with Crippen molar-refractivity contribution in [2.24, 2.45) is 0 Å². The molecule has 0 aliphatic carbocycles. The van der Waals surface area contributed by atoms with Crippen molar-refractivity contribution in [2.75, 3.05) is 62.8 Å². The lowest BCUT2D eigenvalue weighted by Gasteiger charge is -2.29. The first-order valence-electron chi connectivity index (χ1n) is 11.4. The Morgan fingerprint density at radius 3 is 2.37 bits per heavy atom. The summed E-state index contributed by atoms with van der Waals surface area (Å²) in [6.45, 7) is 3.75. The van der Waals surface area contributed by atoms with Crippen LogP contribution in [-0.2, 0) is 19.5 Å². The van der Waals surface area contributed by atoms with Crippen molar-refractivity contribution in [3.8, 4) is 0 Å². The van der Waals surface area contributed by atoms with E-state index in [4.69, 9.17) is 9.47 Å². The van der Waals surface area contributed by atoms with E-state index in [-0.39, 0.29) is 23.5 Å². The first-order valence-corrected chi connectivity index (χ1v) is 12.8. The van der Waals surface area contributed by atoms with Gasteiger partial charge in [0.05, 0.1) is 48.9 Å². The molecule has 35 heavy (non-hydrogen) atoms. The Kier molecular flexibility index (Phi) is 6.56. The second kappa shape index (κ2) is 9.78. The van der Waals surface area contributed by atoms with Gasteiger partial charge in [0.15, 0.2) is 0 Å². The summed E-state index contributed by atoms with van der Waals surface area (Å²) in [7, 11) is -3.93. The SMILES string of the molecule is O=C(O)c1ccccc1Nc1c(S(=O)(=O)N2CCOCC2)cnc2ccc(N3CCOCC3)cc12. The van der Waals surface area contributed by atoms with E-state index in [0.29, 0.717) is 48.7 Å². The standard InChI is InChI=1S/C24H26N4O6S/c29-24(30)18-3-1-2-4-21(18)26-23-19-15-17(27-7-11-33-12-8-27)5-6-20(19)25-16-22(23)35(31,32)28-9-13-34-14-10-28/h1-6,15-16H,7-14H2,(H,25,26)(H,29,30). The van der Waals surface area contributed by atoms with Crippen LogP contribution in [0.4, 0.5) is 17.1 Å². The van der Waals surface area contributed by atoms with Crippen LogP contribution in [0.2, 0.25) is 0 Å². The molecule has 10 nitrogen and oxygen atoms in total. The van der Waals surface area contributed by atoms with Crippen LogP contribution >= 0.6 is 0 Å². The Morgan fingerprint density at radius 2 is 1.66 bits per heavy atom. The number of aromatic carboxylic acids is 1. The van der Waals surface area contributed by atoms with E-state index in [0.717, 1.165) is 18.8 Å². The lowest BCUT2D eigenvalue weighted by Crippen LogP contribution is -2.40. The van der Waals surface area contributed by atoms with Gasteiger partial charge in [0.25, 0.3) is 0 Å². The zero-order chi connectivity index (χ0) is 24.4. The molecular formula is C24H26N4O6S. The van der Waals surface area contributed by atoms with Crippen molar-refractivity contribution < 1.29 is 27.8 Å². The lowest BCUT2D eigenvalue weighted by atomic mass is 10.1. The fourth-order valence-corrected chi connectivity index (χ4v) is 5.86. The molecule has 11 heteroatoms. The number of anilines is 3. The van der Waals surface area contributed by atoms with Crippen LogP contribution in [0.1, 0.15) is 10.4 Å². The predicted molar refractivity (Wildman–Crippen MR) is 131 cm³/mol. The van der Waals surface area contributed by atoms with Crippen LogP contribution in [-0.4, -0.2) is 81.4 Å². The van der Waals surface area contributed by atoms with Gasteiger partial charge in [0, 0.05) is 43.4 Å². The van der Waals surface area contributed by atoms with E-state index < -0.39 is 16.0 Å². The van der Waals surface area contributed by atoms with Crippen molar-refractivity contribution in [1.82, 2.24) is 9.29 Å². The highest BCUT2D eigenvalue weighted by Crippen LogP contribution is 2.36. The summed E-state index contributed by atoms with van der Waals surface area (Å²) < 4.78 is 39.6. The Balaban J connectivity index is 1.69. The van der Waals surface area contributed by atoms with E-state index in [2.05, 4.69) is 15.2 Å². The maximum atomic E-state index is 13.7. The largest absolute Gasteiger partial charge is 0.478 e. The lowest BCUT2D eigenvalue weighted by molar-refractivity contribution is 0.0698. The van der Waals surface area contributed by atoms with Crippen LogP contribution in [0, 0.1) is 0 Å². The molecule has 0 radical (unpaired) electrons. The van der Waals surface area contributed by atoms with Gasteiger partial charge in [-0.25, -0.2) is 13.2 Å². The number of hydrogen-bond acceptors (Lipinski definition) is 8. The number of hydrogen-bond donors (Lipinski definition) is 2. The molecule has 0 saturated carbocycles. The molecule has 2 aliphatic heterocycles. The van der Waals surface area contributed by atoms with Crippen LogP contribution in [0.5, 0.6) is 0 Å². The van der Waals surface area contributed by atoms with Crippen molar-refractivity contribution in [3.05, 3.63) is 54.2 Å². The fraction of sp³-hybridized carbons (Fsp3) is 0.333. The van der Waals surface area contributed by atoms with Crippen LogP contribution in [0.15, 0.2) is 53.6 Å². The molecule has 5 rings (SSSR count). The Hall–Kier alpha value is -3.25. The monoisotopic (exact) mass is 498 g/mol.